The van der Waals surface area contributed by atoms with E-state index in [0.717, 1.165) is 11.1 Å². The average molecular weight is 419 g/mol. The minimum absolute atomic E-state index is 0.280. The van der Waals surface area contributed by atoms with Crippen molar-refractivity contribution in [1.29, 1.82) is 0 Å². The van der Waals surface area contributed by atoms with Gasteiger partial charge in [0.25, 0.3) is 5.91 Å². The van der Waals surface area contributed by atoms with Gasteiger partial charge in [-0.15, -0.1) is 0 Å². The molecule has 1 amide bonds. The first-order chi connectivity index (χ1) is 15.0. The lowest BCUT2D eigenvalue weighted by atomic mass is 10.1. The molecule has 5 nitrogen and oxygen atoms in total. The fraction of sp³-hybridized carbons (Fsp3) is 0.0833. The Morgan fingerprint density at radius 2 is 1.45 bits per heavy atom. The van der Waals surface area contributed by atoms with E-state index in [-0.39, 0.29) is 17.5 Å². The number of halogens is 2. The molecule has 0 radical (unpaired) electrons. The molecule has 0 atom stereocenters. The third kappa shape index (κ3) is 5.54. The lowest BCUT2D eigenvalue weighted by molar-refractivity contribution is 0.102. The van der Waals surface area contributed by atoms with Crippen LogP contribution in [0.5, 0.6) is 5.75 Å². The van der Waals surface area contributed by atoms with Gasteiger partial charge in [-0.25, -0.2) is 8.78 Å². The number of carbonyl (C=O) groups excluding carboxylic acids is 1. The van der Waals surface area contributed by atoms with Crippen LogP contribution < -0.4 is 10.1 Å². The monoisotopic (exact) mass is 419 g/mol. The molecule has 0 spiro atoms. The zero-order valence-electron chi connectivity index (χ0n) is 16.5. The van der Waals surface area contributed by atoms with Gasteiger partial charge in [-0.2, -0.15) is 5.10 Å². The minimum Gasteiger partial charge on any atom is -0.489 e. The molecule has 0 aliphatic carbocycles. The van der Waals surface area contributed by atoms with Crippen molar-refractivity contribution in [2.75, 3.05) is 5.32 Å². The molecule has 3 aromatic carbocycles. The molecule has 1 aromatic heterocycles. The number of hydrogen-bond acceptors (Lipinski definition) is 3. The van der Waals surface area contributed by atoms with Crippen molar-refractivity contribution in [2.24, 2.45) is 0 Å². The summed E-state index contributed by atoms with van der Waals surface area (Å²) in [6.07, 6.45) is 1.74. The van der Waals surface area contributed by atoms with E-state index in [0.29, 0.717) is 30.3 Å². The van der Waals surface area contributed by atoms with Crippen molar-refractivity contribution in [3.8, 4) is 5.75 Å². The topological polar surface area (TPSA) is 56.2 Å². The van der Waals surface area contributed by atoms with Crippen molar-refractivity contribution in [3.05, 3.63) is 113 Å². The number of rotatable bonds is 7. The van der Waals surface area contributed by atoms with E-state index in [4.69, 9.17) is 4.74 Å². The zero-order chi connectivity index (χ0) is 21.6. The molecule has 0 aliphatic heterocycles. The van der Waals surface area contributed by atoms with Gasteiger partial charge in [0.2, 0.25) is 0 Å². The number of aromatic nitrogens is 2. The van der Waals surface area contributed by atoms with Crippen molar-refractivity contribution < 1.29 is 18.3 Å². The second-order valence-electron chi connectivity index (χ2n) is 6.92. The van der Waals surface area contributed by atoms with Crippen molar-refractivity contribution in [3.63, 3.8) is 0 Å². The van der Waals surface area contributed by atoms with E-state index >= 15 is 0 Å². The van der Waals surface area contributed by atoms with E-state index in [9.17, 15) is 13.6 Å². The molecule has 7 heteroatoms. The number of benzene rings is 3. The third-order valence-corrected chi connectivity index (χ3v) is 4.58. The van der Waals surface area contributed by atoms with Crippen LogP contribution >= 0.6 is 0 Å². The predicted molar refractivity (Wildman–Crippen MR) is 113 cm³/mol. The van der Waals surface area contributed by atoms with E-state index in [1.807, 2.05) is 0 Å². The Labute approximate surface area is 177 Å². The lowest BCUT2D eigenvalue weighted by Gasteiger charge is -2.07. The van der Waals surface area contributed by atoms with Crippen molar-refractivity contribution in [2.45, 2.75) is 13.2 Å². The Kier molecular flexibility index (Phi) is 6.03. The fourth-order valence-electron chi connectivity index (χ4n) is 2.93. The second kappa shape index (κ2) is 9.21. The van der Waals surface area contributed by atoms with E-state index < -0.39 is 0 Å². The Morgan fingerprint density at radius 1 is 0.839 bits per heavy atom. The number of amides is 1. The molecule has 0 unspecified atom stereocenters. The lowest BCUT2D eigenvalue weighted by Crippen LogP contribution is -2.13. The summed E-state index contributed by atoms with van der Waals surface area (Å²) in [7, 11) is 0. The normalized spacial score (nSPS) is 10.6. The molecular weight excluding hydrogens is 400 g/mol. The molecule has 0 fully saturated rings. The summed E-state index contributed by atoms with van der Waals surface area (Å²) in [6, 6.07) is 20.7. The number of nitrogens with one attached hydrogen (secondary N) is 1. The van der Waals surface area contributed by atoms with Crippen LogP contribution in [0.25, 0.3) is 0 Å². The van der Waals surface area contributed by atoms with E-state index in [1.165, 1.54) is 24.3 Å². The summed E-state index contributed by atoms with van der Waals surface area (Å²) in [6.45, 7) is 0.778. The molecule has 4 aromatic rings. The third-order valence-electron chi connectivity index (χ3n) is 4.58. The Hall–Kier alpha value is -4.00. The van der Waals surface area contributed by atoms with Crippen LogP contribution in [0.2, 0.25) is 0 Å². The minimum atomic E-state index is -0.317. The standard InChI is InChI=1S/C24H19F2N3O2/c25-20-7-3-17(4-8-20)15-29-14-13-23(28-29)27-24(30)19-5-1-18(2-6-19)16-31-22-11-9-21(26)10-12-22/h1-14H,15-16H2,(H,27,28,30). The average Bonchev–Trinajstić information content (AvgIpc) is 3.22. The van der Waals surface area contributed by atoms with Gasteiger partial charge in [-0.3, -0.25) is 9.48 Å². The second-order valence-corrected chi connectivity index (χ2v) is 6.92. The van der Waals surface area contributed by atoms with Crippen LogP contribution in [0.15, 0.2) is 85.1 Å². The van der Waals surface area contributed by atoms with Gasteiger partial charge in [0.1, 0.15) is 24.0 Å². The summed E-state index contributed by atoms with van der Waals surface area (Å²) in [5.41, 5.74) is 2.27. The maximum absolute atomic E-state index is 13.0. The van der Waals surface area contributed by atoms with Gasteiger partial charge in [0, 0.05) is 17.8 Å². The van der Waals surface area contributed by atoms with Gasteiger partial charge >= 0.3 is 0 Å². The first kappa shape index (κ1) is 20.3. The predicted octanol–water partition coefficient (Wildman–Crippen LogP) is 5.04. The first-order valence-electron chi connectivity index (χ1n) is 9.62. The highest BCUT2D eigenvalue weighted by atomic mass is 19.1. The molecule has 1 heterocycles. The number of carbonyl (C=O) groups is 1. The Bertz CT molecular complexity index is 1150. The molecular formula is C24H19F2N3O2. The van der Waals surface area contributed by atoms with Gasteiger partial charge in [0.05, 0.1) is 6.54 Å². The van der Waals surface area contributed by atoms with Crippen molar-refractivity contribution in [1.82, 2.24) is 9.78 Å². The first-order valence-corrected chi connectivity index (χ1v) is 9.62. The summed E-state index contributed by atoms with van der Waals surface area (Å²) >= 11 is 0. The Balaban J connectivity index is 1.31. The van der Waals surface area contributed by atoms with E-state index in [2.05, 4.69) is 10.4 Å². The molecule has 156 valence electrons. The van der Waals surface area contributed by atoms with E-state index in [1.54, 1.807) is 65.5 Å². The van der Waals surface area contributed by atoms with Crippen LogP contribution in [0.1, 0.15) is 21.5 Å². The highest BCUT2D eigenvalue weighted by molar-refractivity contribution is 6.03. The molecule has 0 bridgehead atoms. The van der Waals surface area contributed by atoms with Gasteiger partial charge in [-0.05, 0) is 59.7 Å². The van der Waals surface area contributed by atoms with Crippen LogP contribution in [-0.4, -0.2) is 15.7 Å². The van der Waals surface area contributed by atoms with Gasteiger partial charge < -0.3 is 10.1 Å². The van der Waals surface area contributed by atoms with Crippen LogP contribution in [0, 0.1) is 11.6 Å². The Morgan fingerprint density at radius 3 is 2.13 bits per heavy atom. The number of ether oxygens (including phenoxy) is 1. The number of hydrogen-bond donors (Lipinski definition) is 1. The highest BCUT2D eigenvalue weighted by Crippen LogP contribution is 2.15. The molecule has 0 aliphatic rings. The van der Waals surface area contributed by atoms with Crippen LogP contribution in [-0.2, 0) is 13.2 Å². The van der Waals surface area contributed by atoms with Gasteiger partial charge in [0.15, 0.2) is 5.82 Å². The quantitative estimate of drug-likeness (QED) is 0.457. The van der Waals surface area contributed by atoms with Crippen LogP contribution in [0.4, 0.5) is 14.6 Å². The maximum Gasteiger partial charge on any atom is 0.256 e. The molecule has 0 saturated carbocycles. The number of nitrogens with zero attached hydrogens (tertiary/aromatic N) is 2. The maximum atomic E-state index is 13.0. The SMILES string of the molecule is O=C(Nc1ccn(Cc2ccc(F)cc2)n1)c1ccc(COc2ccc(F)cc2)cc1. The largest absolute Gasteiger partial charge is 0.489 e. The summed E-state index contributed by atoms with van der Waals surface area (Å²) in [5.74, 6) is 0.113. The molecule has 1 N–H and O–H groups in total. The fourth-order valence-corrected chi connectivity index (χ4v) is 2.93. The summed E-state index contributed by atoms with van der Waals surface area (Å²) in [4.78, 5) is 12.5. The smallest absolute Gasteiger partial charge is 0.256 e. The van der Waals surface area contributed by atoms with Crippen molar-refractivity contribution >= 4 is 11.7 Å². The molecule has 4 rings (SSSR count). The molecule has 31 heavy (non-hydrogen) atoms. The zero-order valence-corrected chi connectivity index (χ0v) is 16.5. The summed E-state index contributed by atoms with van der Waals surface area (Å²) in [5, 5.41) is 7.08. The summed E-state index contributed by atoms with van der Waals surface area (Å²) < 4.78 is 33.2. The number of anilines is 1. The van der Waals surface area contributed by atoms with Crippen LogP contribution in [0.3, 0.4) is 0 Å². The van der Waals surface area contributed by atoms with Gasteiger partial charge in [-0.1, -0.05) is 24.3 Å². The highest BCUT2D eigenvalue weighted by Gasteiger charge is 2.09. The molecule has 0 saturated heterocycles.